The van der Waals surface area contributed by atoms with Gasteiger partial charge in [0.15, 0.2) is 0 Å². The molecule has 2 N–H and O–H groups in total. The molecule has 0 bridgehead atoms. The van der Waals surface area contributed by atoms with E-state index < -0.39 is 0 Å². The van der Waals surface area contributed by atoms with Crippen LogP contribution in [0.5, 0.6) is 0 Å². The van der Waals surface area contributed by atoms with Crippen molar-refractivity contribution in [1.29, 1.82) is 0 Å². The highest BCUT2D eigenvalue weighted by atomic mass is 32.2. The maximum Gasteiger partial charge on any atom is 0.0503 e. The van der Waals surface area contributed by atoms with Gasteiger partial charge >= 0.3 is 0 Å². The van der Waals surface area contributed by atoms with Crippen molar-refractivity contribution in [3.63, 3.8) is 0 Å². The Morgan fingerprint density at radius 3 is 2.70 bits per heavy atom. The molecule has 1 aromatic heterocycles. The topological polar surface area (TPSA) is 32.2 Å². The lowest BCUT2D eigenvalue weighted by molar-refractivity contribution is 0.534. The highest BCUT2D eigenvalue weighted by molar-refractivity contribution is 7.95. The van der Waals surface area contributed by atoms with E-state index in [0.29, 0.717) is 5.92 Å². The van der Waals surface area contributed by atoms with Crippen molar-refractivity contribution >= 4 is 28.7 Å². The quantitative estimate of drug-likeness (QED) is 0.536. The van der Waals surface area contributed by atoms with Crippen LogP contribution in [0.15, 0.2) is 24.4 Å². The van der Waals surface area contributed by atoms with Gasteiger partial charge in [0.05, 0.1) is 5.52 Å². The summed E-state index contributed by atoms with van der Waals surface area (Å²) in [5, 5.41) is 4.80. The fourth-order valence-corrected chi connectivity index (χ4v) is 3.24. The lowest BCUT2D eigenvalue weighted by Crippen LogP contribution is -2.15. The zero-order valence-corrected chi connectivity index (χ0v) is 15.8. The van der Waals surface area contributed by atoms with E-state index in [2.05, 4.69) is 78.2 Å². The molecular weight excluding hydrogens is 304 g/mol. The van der Waals surface area contributed by atoms with Crippen LogP contribution in [-0.4, -0.2) is 36.1 Å². The van der Waals surface area contributed by atoms with Gasteiger partial charge < -0.3 is 9.88 Å². The van der Waals surface area contributed by atoms with E-state index >= 15 is 0 Å². The lowest BCUT2D eigenvalue weighted by Gasteiger charge is -2.09. The standard InChI is InChI=1S/C18H30N4S/c1-6-19-16-7-8-17-15(9-10-20-23-21(4)5)13-22(12-14(2)3)18(17)11-16/h7-8,11,13-14,19-20H,6,9-10,12H2,1-5H3. The third-order valence-corrected chi connectivity index (χ3v) is 4.35. The van der Waals surface area contributed by atoms with Crippen LogP contribution in [0.4, 0.5) is 5.69 Å². The van der Waals surface area contributed by atoms with Gasteiger partial charge in [-0.2, -0.15) is 0 Å². The average Bonchev–Trinajstić information content (AvgIpc) is 2.81. The molecule has 0 aliphatic rings. The first kappa shape index (κ1) is 18.2. The zero-order chi connectivity index (χ0) is 16.8. The third-order valence-electron chi connectivity index (χ3n) is 3.65. The summed E-state index contributed by atoms with van der Waals surface area (Å²) >= 11 is 1.65. The normalized spacial score (nSPS) is 11.8. The highest BCUT2D eigenvalue weighted by Crippen LogP contribution is 2.26. The van der Waals surface area contributed by atoms with Crippen LogP contribution < -0.4 is 10.0 Å². The first-order chi connectivity index (χ1) is 11.0. The van der Waals surface area contributed by atoms with Gasteiger partial charge in [-0.15, -0.1) is 0 Å². The van der Waals surface area contributed by atoms with Gasteiger partial charge in [0.2, 0.25) is 0 Å². The molecule has 0 aliphatic carbocycles. The molecule has 0 saturated heterocycles. The summed E-state index contributed by atoms with van der Waals surface area (Å²) in [6.45, 7) is 9.67. The summed E-state index contributed by atoms with van der Waals surface area (Å²) in [4.78, 5) is 0. The van der Waals surface area contributed by atoms with Gasteiger partial charge in [0.1, 0.15) is 0 Å². The van der Waals surface area contributed by atoms with E-state index in [0.717, 1.165) is 26.1 Å². The number of fused-ring (bicyclic) bond motifs is 1. The zero-order valence-electron chi connectivity index (χ0n) is 15.0. The Morgan fingerprint density at radius 1 is 1.26 bits per heavy atom. The van der Waals surface area contributed by atoms with Gasteiger partial charge in [-0.05, 0) is 51.1 Å². The fraction of sp³-hybridized carbons (Fsp3) is 0.556. The number of rotatable bonds is 9. The van der Waals surface area contributed by atoms with Crippen LogP contribution in [0.25, 0.3) is 10.9 Å². The Kier molecular flexibility index (Phi) is 6.81. The maximum atomic E-state index is 3.42. The summed E-state index contributed by atoms with van der Waals surface area (Å²) in [7, 11) is 4.10. The summed E-state index contributed by atoms with van der Waals surface area (Å²) in [5.41, 5.74) is 3.97. The van der Waals surface area contributed by atoms with Crippen molar-refractivity contribution in [2.45, 2.75) is 33.7 Å². The van der Waals surface area contributed by atoms with Gasteiger partial charge in [-0.1, -0.05) is 19.9 Å². The second-order valence-corrected chi connectivity index (χ2v) is 7.71. The number of aromatic nitrogens is 1. The van der Waals surface area contributed by atoms with E-state index in [1.807, 2.05) is 0 Å². The molecule has 0 amide bonds. The lowest BCUT2D eigenvalue weighted by atomic mass is 10.1. The van der Waals surface area contributed by atoms with Gasteiger partial charge in [0.25, 0.3) is 0 Å². The molecule has 0 atom stereocenters. The minimum absolute atomic E-state index is 0.642. The van der Waals surface area contributed by atoms with Crippen molar-refractivity contribution in [2.24, 2.45) is 5.92 Å². The summed E-state index contributed by atoms with van der Waals surface area (Å²) in [5.74, 6) is 0.642. The van der Waals surface area contributed by atoms with Crippen molar-refractivity contribution < 1.29 is 0 Å². The highest BCUT2D eigenvalue weighted by Gasteiger charge is 2.10. The number of nitrogens with one attached hydrogen (secondary N) is 2. The van der Waals surface area contributed by atoms with E-state index in [1.54, 1.807) is 12.1 Å². The number of benzene rings is 1. The minimum atomic E-state index is 0.642. The molecule has 1 heterocycles. The van der Waals surface area contributed by atoms with E-state index in [1.165, 1.54) is 22.2 Å². The Morgan fingerprint density at radius 2 is 2.04 bits per heavy atom. The molecule has 2 aromatic rings. The smallest absolute Gasteiger partial charge is 0.0503 e. The Hall–Kier alpha value is -1.17. The van der Waals surface area contributed by atoms with Crippen LogP contribution in [0.1, 0.15) is 26.3 Å². The van der Waals surface area contributed by atoms with Crippen LogP contribution in [-0.2, 0) is 13.0 Å². The predicted octanol–water partition coefficient (Wildman–Crippen LogP) is 3.99. The first-order valence-electron chi connectivity index (χ1n) is 8.44. The average molecular weight is 335 g/mol. The van der Waals surface area contributed by atoms with Crippen molar-refractivity contribution in [1.82, 2.24) is 13.6 Å². The maximum absolute atomic E-state index is 3.42. The number of hydrogen-bond acceptors (Lipinski definition) is 4. The molecule has 23 heavy (non-hydrogen) atoms. The van der Waals surface area contributed by atoms with Crippen molar-refractivity contribution in [3.8, 4) is 0 Å². The number of anilines is 1. The van der Waals surface area contributed by atoms with E-state index in [-0.39, 0.29) is 0 Å². The monoisotopic (exact) mass is 334 g/mol. The van der Waals surface area contributed by atoms with E-state index in [4.69, 9.17) is 0 Å². The Labute approximate surface area is 144 Å². The second kappa shape index (κ2) is 8.62. The Balaban J connectivity index is 2.22. The van der Waals surface area contributed by atoms with Gasteiger partial charge in [0, 0.05) is 49.0 Å². The third kappa shape index (κ3) is 5.16. The summed E-state index contributed by atoms with van der Waals surface area (Å²) in [6.07, 6.45) is 3.38. The van der Waals surface area contributed by atoms with Crippen molar-refractivity contribution in [3.05, 3.63) is 30.0 Å². The molecule has 0 aliphatic heterocycles. The number of hydrogen-bond donors (Lipinski definition) is 2. The molecule has 0 unspecified atom stereocenters. The van der Waals surface area contributed by atoms with Crippen LogP contribution in [0.2, 0.25) is 0 Å². The van der Waals surface area contributed by atoms with E-state index in [9.17, 15) is 0 Å². The molecular formula is C18H30N4S. The first-order valence-corrected chi connectivity index (χ1v) is 9.21. The molecule has 4 nitrogen and oxygen atoms in total. The van der Waals surface area contributed by atoms with Crippen molar-refractivity contribution in [2.75, 3.05) is 32.5 Å². The molecule has 128 valence electrons. The molecule has 2 rings (SSSR count). The Bertz CT molecular complexity index is 619. The SMILES string of the molecule is CCNc1ccc2c(CCNSN(C)C)cn(CC(C)C)c2c1. The minimum Gasteiger partial charge on any atom is -0.385 e. The summed E-state index contributed by atoms with van der Waals surface area (Å²) < 4.78 is 7.89. The molecule has 0 fully saturated rings. The molecule has 1 aromatic carbocycles. The predicted molar refractivity (Wildman–Crippen MR) is 104 cm³/mol. The molecule has 0 spiro atoms. The van der Waals surface area contributed by atoms with Crippen LogP contribution >= 0.6 is 12.1 Å². The molecule has 0 radical (unpaired) electrons. The largest absolute Gasteiger partial charge is 0.385 e. The second-order valence-electron chi connectivity index (χ2n) is 6.51. The number of nitrogens with zero attached hydrogens (tertiary/aromatic N) is 2. The van der Waals surface area contributed by atoms with Crippen LogP contribution in [0.3, 0.4) is 0 Å². The van der Waals surface area contributed by atoms with Crippen LogP contribution in [0, 0.1) is 5.92 Å². The van der Waals surface area contributed by atoms with Gasteiger partial charge in [-0.3, -0.25) is 4.72 Å². The van der Waals surface area contributed by atoms with Gasteiger partial charge in [-0.25, -0.2) is 4.31 Å². The summed E-state index contributed by atoms with van der Waals surface area (Å²) in [6, 6.07) is 6.74. The molecule has 0 saturated carbocycles. The molecule has 5 heteroatoms. The fourth-order valence-electron chi connectivity index (χ4n) is 2.79.